The van der Waals surface area contributed by atoms with Gasteiger partial charge in [0.05, 0.1) is 38.2 Å². The molecule has 0 radical (unpaired) electrons. The van der Waals surface area contributed by atoms with Crippen LogP contribution in [0.4, 0.5) is 0 Å². The van der Waals surface area contributed by atoms with E-state index in [-0.39, 0.29) is 29.6 Å². The molecule has 2 aliphatic rings. The lowest BCUT2D eigenvalue weighted by molar-refractivity contribution is -0.148. The third-order valence-electron chi connectivity index (χ3n) is 5.44. The molecule has 0 amide bonds. The number of benzene rings is 2. The molecular weight excluding hydrogens is 408 g/mol. The summed E-state index contributed by atoms with van der Waals surface area (Å²) in [5.41, 5.74) is 0.364. The van der Waals surface area contributed by atoms with E-state index < -0.39 is 23.6 Å². The average Bonchev–Trinajstić information content (AvgIpc) is 3.42. The highest BCUT2D eigenvalue weighted by Crippen LogP contribution is 2.54. The number of esters is 1. The van der Waals surface area contributed by atoms with Gasteiger partial charge in [0, 0.05) is 5.56 Å². The molecule has 31 heavy (non-hydrogen) atoms. The Balaban J connectivity index is 1.82. The van der Waals surface area contributed by atoms with Crippen LogP contribution in [-0.4, -0.2) is 40.2 Å². The fraction of sp³-hybridized carbons (Fsp3) is 0.273. The Labute approximate surface area is 176 Å². The van der Waals surface area contributed by atoms with Crippen LogP contribution in [0.15, 0.2) is 39.5 Å². The van der Waals surface area contributed by atoms with Crippen molar-refractivity contribution in [1.29, 1.82) is 0 Å². The maximum Gasteiger partial charge on any atom is 0.348 e. The number of rotatable bonds is 4. The average molecular weight is 426 g/mol. The van der Waals surface area contributed by atoms with E-state index >= 15 is 0 Å². The fourth-order valence-corrected chi connectivity index (χ4v) is 4.14. The normalized spacial score (nSPS) is 18.4. The van der Waals surface area contributed by atoms with Gasteiger partial charge in [-0.2, -0.15) is 0 Å². The number of carbonyl (C=O) groups is 1. The SMILES string of the molecule is COC(=O)[C@H]1Oc2c(c(=O)oc3ccccc23)[C@H]1c1cc2c(c(OC)c1OC)OCO2. The lowest BCUT2D eigenvalue weighted by Crippen LogP contribution is -2.32. The third-order valence-corrected chi connectivity index (χ3v) is 5.44. The van der Waals surface area contributed by atoms with Crippen molar-refractivity contribution in [3.8, 4) is 28.7 Å². The molecule has 0 saturated carbocycles. The molecule has 0 aliphatic carbocycles. The third kappa shape index (κ3) is 2.69. The molecule has 5 rings (SSSR count). The molecule has 0 fully saturated rings. The summed E-state index contributed by atoms with van der Waals surface area (Å²) >= 11 is 0. The summed E-state index contributed by atoms with van der Waals surface area (Å²) in [4.78, 5) is 25.7. The monoisotopic (exact) mass is 426 g/mol. The van der Waals surface area contributed by atoms with Gasteiger partial charge in [0.25, 0.3) is 0 Å². The minimum Gasteiger partial charge on any atom is -0.492 e. The number of hydrogen-bond donors (Lipinski definition) is 0. The van der Waals surface area contributed by atoms with Crippen LogP contribution in [0.5, 0.6) is 28.7 Å². The number of ether oxygens (including phenoxy) is 6. The first-order valence-corrected chi connectivity index (χ1v) is 9.43. The van der Waals surface area contributed by atoms with Crippen LogP contribution in [-0.2, 0) is 9.53 Å². The van der Waals surface area contributed by atoms with Gasteiger partial charge in [0.1, 0.15) is 11.3 Å². The first-order valence-electron chi connectivity index (χ1n) is 9.43. The van der Waals surface area contributed by atoms with E-state index in [1.807, 2.05) is 0 Å². The molecule has 1 aromatic heterocycles. The minimum atomic E-state index is -1.15. The molecule has 3 heterocycles. The van der Waals surface area contributed by atoms with E-state index in [0.717, 1.165) is 0 Å². The predicted octanol–water partition coefficient (Wildman–Crippen LogP) is 2.60. The van der Waals surface area contributed by atoms with Crippen molar-refractivity contribution in [3.63, 3.8) is 0 Å². The summed E-state index contributed by atoms with van der Waals surface area (Å²) in [6.07, 6.45) is -1.15. The van der Waals surface area contributed by atoms with Gasteiger partial charge in [-0.05, 0) is 18.2 Å². The van der Waals surface area contributed by atoms with Crippen molar-refractivity contribution in [2.75, 3.05) is 28.1 Å². The predicted molar refractivity (Wildman–Crippen MR) is 106 cm³/mol. The largest absolute Gasteiger partial charge is 0.492 e. The smallest absolute Gasteiger partial charge is 0.348 e. The lowest BCUT2D eigenvalue weighted by Gasteiger charge is -2.21. The Hall–Kier alpha value is -3.88. The Morgan fingerprint density at radius 2 is 1.81 bits per heavy atom. The van der Waals surface area contributed by atoms with E-state index in [1.165, 1.54) is 21.3 Å². The highest BCUT2D eigenvalue weighted by atomic mass is 16.7. The molecule has 9 nitrogen and oxygen atoms in total. The molecule has 3 aromatic rings. The van der Waals surface area contributed by atoms with Crippen molar-refractivity contribution in [2.24, 2.45) is 0 Å². The number of methoxy groups -OCH3 is 3. The van der Waals surface area contributed by atoms with E-state index in [9.17, 15) is 9.59 Å². The number of carbonyl (C=O) groups excluding carboxylic acids is 1. The molecule has 0 N–H and O–H groups in total. The molecule has 0 saturated heterocycles. The second-order valence-electron chi connectivity index (χ2n) is 6.93. The van der Waals surface area contributed by atoms with Crippen molar-refractivity contribution in [2.45, 2.75) is 12.0 Å². The zero-order chi connectivity index (χ0) is 21.7. The molecule has 0 unspecified atom stereocenters. The van der Waals surface area contributed by atoms with Gasteiger partial charge in [-0.1, -0.05) is 12.1 Å². The van der Waals surface area contributed by atoms with Crippen LogP contribution >= 0.6 is 0 Å². The van der Waals surface area contributed by atoms with E-state index in [1.54, 1.807) is 30.3 Å². The van der Waals surface area contributed by atoms with Gasteiger partial charge in [-0.25, -0.2) is 9.59 Å². The summed E-state index contributed by atoms with van der Waals surface area (Å²) in [5, 5.41) is 0.570. The molecule has 160 valence electrons. The highest BCUT2D eigenvalue weighted by Gasteiger charge is 2.47. The first-order chi connectivity index (χ1) is 15.1. The van der Waals surface area contributed by atoms with E-state index in [0.29, 0.717) is 28.0 Å². The fourth-order valence-electron chi connectivity index (χ4n) is 4.14. The molecule has 2 atom stereocenters. The second kappa shape index (κ2) is 7.12. The zero-order valence-electron chi connectivity index (χ0n) is 16.9. The van der Waals surface area contributed by atoms with Crippen molar-refractivity contribution in [3.05, 3.63) is 51.9 Å². The van der Waals surface area contributed by atoms with Crippen LogP contribution in [0.2, 0.25) is 0 Å². The summed E-state index contributed by atoms with van der Waals surface area (Å²) < 4.78 is 38.6. The Bertz CT molecular complexity index is 1260. The molecular formula is C22H18O9. The molecule has 9 heteroatoms. The van der Waals surface area contributed by atoms with Crippen LogP contribution in [0.1, 0.15) is 17.0 Å². The zero-order valence-corrected chi connectivity index (χ0v) is 16.9. The molecule has 2 aromatic carbocycles. The maximum absolute atomic E-state index is 13.0. The van der Waals surface area contributed by atoms with E-state index in [2.05, 4.69) is 0 Å². The van der Waals surface area contributed by atoms with Gasteiger partial charge in [0.15, 0.2) is 11.5 Å². The van der Waals surface area contributed by atoms with Crippen molar-refractivity contribution in [1.82, 2.24) is 0 Å². The van der Waals surface area contributed by atoms with Gasteiger partial charge in [-0.15, -0.1) is 0 Å². The second-order valence-corrected chi connectivity index (χ2v) is 6.93. The quantitative estimate of drug-likeness (QED) is 0.460. The maximum atomic E-state index is 13.0. The molecule has 2 aliphatic heterocycles. The Morgan fingerprint density at radius 3 is 2.55 bits per heavy atom. The summed E-state index contributed by atoms with van der Waals surface area (Å²) in [5.74, 6) is 0.0812. The van der Waals surface area contributed by atoms with Gasteiger partial charge in [-0.3, -0.25) is 0 Å². The topological polar surface area (TPSA) is 103 Å². The molecule has 0 bridgehead atoms. The highest BCUT2D eigenvalue weighted by molar-refractivity contribution is 5.89. The number of hydrogen-bond acceptors (Lipinski definition) is 9. The van der Waals surface area contributed by atoms with Crippen LogP contribution in [0.25, 0.3) is 11.0 Å². The minimum absolute atomic E-state index is 0.00324. The first kappa shape index (κ1) is 19.1. The Morgan fingerprint density at radius 1 is 1.03 bits per heavy atom. The van der Waals surface area contributed by atoms with Gasteiger partial charge in [0.2, 0.25) is 24.4 Å². The summed E-state index contributed by atoms with van der Waals surface area (Å²) in [6, 6.07) is 8.60. The lowest BCUT2D eigenvalue weighted by atomic mass is 9.87. The molecule has 0 spiro atoms. The summed E-state index contributed by atoms with van der Waals surface area (Å²) in [7, 11) is 4.17. The van der Waals surface area contributed by atoms with Crippen LogP contribution in [0.3, 0.4) is 0 Å². The van der Waals surface area contributed by atoms with Gasteiger partial charge >= 0.3 is 11.6 Å². The van der Waals surface area contributed by atoms with Crippen molar-refractivity contribution < 1.29 is 37.6 Å². The standard InChI is InChI=1S/C22H18O9/c1-25-17-11(8-13-18(20(17)26-2)29-9-28-13)14-15-16(31-19(14)22(24)27-3)10-6-4-5-7-12(10)30-21(15)23/h4-8,14,19H,9H2,1-3H3/t14-,19+/m1/s1. The van der Waals surface area contributed by atoms with E-state index in [4.69, 9.17) is 32.8 Å². The van der Waals surface area contributed by atoms with Crippen molar-refractivity contribution >= 4 is 16.9 Å². The Kier molecular flexibility index (Phi) is 4.39. The summed E-state index contributed by atoms with van der Waals surface area (Å²) in [6.45, 7) is 0.00324. The number of fused-ring (bicyclic) bond motifs is 4. The van der Waals surface area contributed by atoms with Crippen LogP contribution < -0.4 is 29.3 Å². The van der Waals surface area contributed by atoms with Gasteiger partial charge < -0.3 is 32.8 Å². The van der Waals surface area contributed by atoms with Crippen LogP contribution in [0, 0.1) is 0 Å². The number of para-hydroxylation sites is 1.